The predicted molar refractivity (Wildman–Crippen MR) is 77.1 cm³/mol. The minimum absolute atomic E-state index is 0.00952. The maximum absolute atomic E-state index is 12.0. The first-order valence-electron chi connectivity index (χ1n) is 6.27. The second-order valence-electron chi connectivity index (χ2n) is 4.75. The number of carbonyl (C=O) groups excluding carboxylic acids is 1. The number of hydrogen-bond donors (Lipinski definition) is 2. The third-order valence-electron chi connectivity index (χ3n) is 3.10. The van der Waals surface area contributed by atoms with Gasteiger partial charge in [0.1, 0.15) is 0 Å². The van der Waals surface area contributed by atoms with Crippen molar-refractivity contribution in [1.29, 1.82) is 0 Å². The number of furan rings is 1. The van der Waals surface area contributed by atoms with Gasteiger partial charge in [-0.2, -0.15) is 0 Å². The zero-order chi connectivity index (χ0) is 15.6. The highest BCUT2D eigenvalue weighted by Gasteiger charge is 2.17. The number of nitrogens with two attached hydrogens (primary N) is 1. The molecule has 7 heteroatoms. The molecule has 0 aliphatic rings. The van der Waals surface area contributed by atoms with E-state index in [1.807, 2.05) is 0 Å². The van der Waals surface area contributed by atoms with Crippen molar-refractivity contribution in [2.75, 3.05) is 0 Å². The van der Waals surface area contributed by atoms with Crippen LogP contribution in [0.5, 0.6) is 0 Å². The van der Waals surface area contributed by atoms with E-state index in [0.717, 1.165) is 5.56 Å². The highest BCUT2D eigenvalue weighted by atomic mass is 32.2. The number of aryl methyl sites for hydroxylation is 1. The van der Waals surface area contributed by atoms with Crippen molar-refractivity contribution in [2.24, 2.45) is 5.14 Å². The lowest BCUT2D eigenvalue weighted by Gasteiger charge is -2.14. The van der Waals surface area contributed by atoms with Gasteiger partial charge >= 0.3 is 0 Å². The van der Waals surface area contributed by atoms with E-state index < -0.39 is 10.0 Å². The Labute approximate surface area is 123 Å². The van der Waals surface area contributed by atoms with Gasteiger partial charge in [0.2, 0.25) is 10.0 Å². The van der Waals surface area contributed by atoms with Gasteiger partial charge in [-0.1, -0.05) is 12.1 Å². The summed E-state index contributed by atoms with van der Waals surface area (Å²) in [5.41, 5.74) is 1.37. The van der Waals surface area contributed by atoms with Crippen LogP contribution in [0.3, 0.4) is 0 Å². The number of hydrogen-bond acceptors (Lipinski definition) is 4. The standard InChI is InChI=1S/C14H16N2O4S/c1-9-6-7-20-13(9)14(17)16-10(2)11-4-3-5-12(8-11)21(15,18)19/h3-8,10H,1-2H3,(H,16,17)(H2,15,18,19)/t10-/m0/s1. The number of benzene rings is 1. The van der Waals surface area contributed by atoms with E-state index in [1.165, 1.54) is 18.4 Å². The smallest absolute Gasteiger partial charge is 0.287 e. The van der Waals surface area contributed by atoms with E-state index in [1.54, 1.807) is 32.0 Å². The molecular formula is C14H16N2O4S. The molecule has 1 aromatic carbocycles. The molecule has 2 rings (SSSR count). The third-order valence-corrected chi connectivity index (χ3v) is 4.01. The fourth-order valence-electron chi connectivity index (χ4n) is 1.91. The summed E-state index contributed by atoms with van der Waals surface area (Å²) in [5, 5.41) is 7.84. The summed E-state index contributed by atoms with van der Waals surface area (Å²) in [5.74, 6) is -0.115. The average Bonchev–Trinajstić information content (AvgIpc) is 2.84. The Morgan fingerprint density at radius 1 is 1.33 bits per heavy atom. The molecule has 0 saturated heterocycles. The maximum atomic E-state index is 12.0. The van der Waals surface area contributed by atoms with Crippen LogP contribution in [-0.2, 0) is 10.0 Å². The number of amides is 1. The molecule has 0 spiro atoms. The minimum atomic E-state index is -3.77. The van der Waals surface area contributed by atoms with E-state index in [9.17, 15) is 13.2 Å². The second kappa shape index (κ2) is 5.71. The molecule has 1 amide bonds. The molecule has 0 bridgehead atoms. The first kappa shape index (κ1) is 15.3. The summed E-state index contributed by atoms with van der Waals surface area (Å²) in [7, 11) is -3.77. The minimum Gasteiger partial charge on any atom is -0.459 e. The van der Waals surface area contributed by atoms with Gasteiger partial charge in [-0.3, -0.25) is 4.79 Å². The molecule has 0 radical (unpaired) electrons. The molecule has 112 valence electrons. The Balaban J connectivity index is 2.19. The Kier molecular flexibility index (Phi) is 4.15. The predicted octanol–water partition coefficient (Wildman–Crippen LogP) is 1.73. The van der Waals surface area contributed by atoms with Crippen LogP contribution in [0, 0.1) is 6.92 Å². The zero-order valence-electron chi connectivity index (χ0n) is 11.7. The van der Waals surface area contributed by atoms with Crippen molar-refractivity contribution in [3.05, 3.63) is 53.5 Å². The SMILES string of the molecule is Cc1ccoc1C(=O)N[C@@H](C)c1cccc(S(N)(=O)=O)c1. The van der Waals surface area contributed by atoms with Crippen LogP contribution in [0.2, 0.25) is 0 Å². The molecule has 2 aromatic rings. The lowest BCUT2D eigenvalue weighted by Crippen LogP contribution is -2.27. The number of sulfonamides is 1. The largest absolute Gasteiger partial charge is 0.459 e. The highest BCUT2D eigenvalue weighted by Crippen LogP contribution is 2.18. The van der Waals surface area contributed by atoms with Crippen molar-refractivity contribution < 1.29 is 17.6 Å². The van der Waals surface area contributed by atoms with Gasteiger partial charge in [-0.25, -0.2) is 13.6 Å². The lowest BCUT2D eigenvalue weighted by molar-refractivity contribution is 0.0911. The summed E-state index contributed by atoms with van der Waals surface area (Å²) in [6.07, 6.45) is 1.44. The van der Waals surface area contributed by atoms with Gasteiger partial charge in [0.25, 0.3) is 5.91 Å². The molecule has 1 atom stereocenters. The summed E-state index contributed by atoms with van der Waals surface area (Å²) in [6, 6.07) is 7.45. The van der Waals surface area contributed by atoms with Crippen molar-refractivity contribution >= 4 is 15.9 Å². The Hall–Kier alpha value is -2.12. The molecule has 6 nitrogen and oxygen atoms in total. The molecule has 1 heterocycles. The monoisotopic (exact) mass is 308 g/mol. The fraction of sp³-hybridized carbons (Fsp3) is 0.214. The molecule has 3 N–H and O–H groups in total. The van der Waals surface area contributed by atoms with E-state index in [-0.39, 0.29) is 22.6 Å². The summed E-state index contributed by atoms with van der Waals surface area (Å²) >= 11 is 0. The normalized spacial score (nSPS) is 12.9. The molecule has 0 saturated carbocycles. The molecule has 0 aliphatic carbocycles. The number of primary sulfonamides is 1. The van der Waals surface area contributed by atoms with E-state index in [2.05, 4.69) is 5.32 Å². The van der Waals surface area contributed by atoms with Crippen molar-refractivity contribution in [2.45, 2.75) is 24.8 Å². The lowest BCUT2D eigenvalue weighted by atomic mass is 10.1. The second-order valence-corrected chi connectivity index (χ2v) is 6.31. The molecule has 1 aromatic heterocycles. The fourth-order valence-corrected chi connectivity index (χ4v) is 2.48. The van der Waals surface area contributed by atoms with Crippen molar-refractivity contribution in [3.8, 4) is 0 Å². The van der Waals surface area contributed by atoms with Crippen molar-refractivity contribution in [1.82, 2.24) is 5.32 Å². The van der Waals surface area contributed by atoms with Gasteiger partial charge in [0.05, 0.1) is 17.2 Å². The first-order chi connectivity index (χ1) is 9.79. The highest BCUT2D eigenvalue weighted by molar-refractivity contribution is 7.89. The third kappa shape index (κ3) is 3.50. The quantitative estimate of drug-likeness (QED) is 0.897. The van der Waals surface area contributed by atoms with Crippen LogP contribution in [-0.4, -0.2) is 14.3 Å². The van der Waals surface area contributed by atoms with Gasteiger partial charge in [0.15, 0.2) is 5.76 Å². The summed E-state index contributed by atoms with van der Waals surface area (Å²) < 4.78 is 27.8. The van der Waals surface area contributed by atoms with Crippen molar-refractivity contribution in [3.63, 3.8) is 0 Å². The summed E-state index contributed by atoms with van der Waals surface area (Å²) in [6.45, 7) is 3.52. The Morgan fingerprint density at radius 3 is 2.62 bits per heavy atom. The van der Waals surface area contributed by atoms with Crippen LogP contribution in [0.4, 0.5) is 0 Å². The Morgan fingerprint density at radius 2 is 2.05 bits per heavy atom. The zero-order valence-corrected chi connectivity index (χ0v) is 12.5. The number of rotatable bonds is 4. The van der Waals surface area contributed by atoms with Crippen LogP contribution < -0.4 is 10.5 Å². The first-order valence-corrected chi connectivity index (χ1v) is 7.81. The molecule has 0 unspecified atom stereocenters. The van der Waals surface area contributed by atoms with Gasteiger partial charge < -0.3 is 9.73 Å². The average molecular weight is 308 g/mol. The maximum Gasteiger partial charge on any atom is 0.287 e. The topological polar surface area (TPSA) is 102 Å². The Bertz CT molecular complexity index is 765. The van der Waals surface area contributed by atoms with Crippen LogP contribution >= 0.6 is 0 Å². The van der Waals surface area contributed by atoms with E-state index in [4.69, 9.17) is 9.56 Å². The van der Waals surface area contributed by atoms with Crippen LogP contribution in [0.15, 0.2) is 45.9 Å². The number of carbonyl (C=O) groups is 1. The van der Waals surface area contributed by atoms with E-state index >= 15 is 0 Å². The van der Waals surface area contributed by atoms with E-state index in [0.29, 0.717) is 5.56 Å². The molecule has 0 aliphatic heterocycles. The van der Waals surface area contributed by atoms with Gasteiger partial charge in [-0.15, -0.1) is 0 Å². The summed E-state index contributed by atoms with van der Waals surface area (Å²) in [4.78, 5) is 12.1. The molecular weight excluding hydrogens is 292 g/mol. The van der Waals surface area contributed by atoms with Crippen LogP contribution in [0.1, 0.15) is 34.6 Å². The molecule has 21 heavy (non-hydrogen) atoms. The van der Waals surface area contributed by atoms with Gasteiger partial charge in [-0.05, 0) is 37.6 Å². The molecule has 0 fully saturated rings. The number of nitrogens with one attached hydrogen (secondary N) is 1. The van der Waals surface area contributed by atoms with Gasteiger partial charge in [0, 0.05) is 5.56 Å². The van der Waals surface area contributed by atoms with Crippen LogP contribution in [0.25, 0.3) is 0 Å².